The fourth-order valence-electron chi connectivity index (χ4n) is 1.58. The van der Waals surface area contributed by atoms with Crippen LogP contribution in [0.15, 0.2) is 29.2 Å². The molecule has 0 bridgehead atoms. The van der Waals surface area contributed by atoms with Crippen molar-refractivity contribution < 1.29 is 0 Å². The molecule has 0 radical (unpaired) electrons. The Morgan fingerprint density at radius 1 is 1.40 bits per heavy atom. The Hall–Kier alpha value is -0.540. The van der Waals surface area contributed by atoms with E-state index in [4.69, 9.17) is 18.0 Å². The van der Waals surface area contributed by atoms with Gasteiger partial charge in [-0.2, -0.15) is 0 Å². The van der Waals surface area contributed by atoms with Crippen LogP contribution in [0.25, 0.3) is 0 Å². The number of benzene rings is 1. The number of thioether (sulfide) groups is 1. The van der Waals surface area contributed by atoms with E-state index in [1.807, 2.05) is 0 Å². The first-order valence-electron chi connectivity index (χ1n) is 5.03. The van der Waals surface area contributed by atoms with E-state index in [2.05, 4.69) is 37.4 Å². The van der Waals surface area contributed by atoms with Gasteiger partial charge in [0.25, 0.3) is 0 Å². The second-order valence-corrected chi connectivity index (χ2v) is 5.23. The fourth-order valence-corrected chi connectivity index (χ4v) is 2.27. The zero-order valence-corrected chi connectivity index (χ0v) is 10.8. The van der Waals surface area contributed by atoms with Gasteiger partial charge in [-0.25, -0.2) is 0 Å². The standard InChI is InChI=1S/C12H17NS2/c1-9(8-12(13)14)7-10-3-5-11(15-2)6-4-10/h3-6,9H,7-8H2,1-2H3,(H2,13,14). The maximum absolute atomic E-state index is 5.52. The van der Waals surface area contributed by atoms with E-state index in [-0.39, 0.29) is 0 Å². The first-order chi connectivity index (χ1) is 7.11. The molecule has 15 heavy (non-hydrogen) atoms. The summed E-state index contributed by atoms with van der Waals surface area (Å²) in [5, 5.41) is 0. The van der Waals surface area contributed by atoms with Crippen LogP contribution in [0, 0.1) is 5.92 Å². The average Bonchev–Trinajstić information content (AvgIpc) is 2.17. The summed E-state index contributed by atoms with van der Waals surface area (Å²) in [6.45, 7) is 2.18. The van der Waals surface area contributed by atoms with E-state index < -0.39 is 0 Å². The Bertz CT molecular complexity index is 319. The first-order valence-corrected chi connectivity index (χ1v) is 6.66. The van der Waals surface area contributed by atoms with Gasteiger partial charge in [-0.3, -0.25) is 0 Å². The van der Waals surface area contributed by atoms with Gasteiger partial charge in [0.05, 0.1) is 4.99 Å². The predicted molar refractivity (Wildman–Crippen MR) is 72.5 cm³/mol. The summed E-state index contributed by atoms with van der Waals surface area (Å²) >= 11 is 6.67. The Labute approximate surface area is 101 Å². The number of thiocarbonyl (C=S) groups is 1. The summed E-state index contributed by atoms with van der Waals surface area (Å²) in [4.78, 5) is 1.92. The first kappa shape index (κ1) is 12.5. The molecule has 0 aromatic heterocycles. The lowest BCUT2D eigenvalue weighted by atomic mass is 9.98. The van der Waals surface area contributed by atoms with E-state index in [0.29, 0.717) is 10.9 Å². The average molecular weight is 239 g/mol. The van der Waals surface area contributed by atoms with E-state index in [1.165, 1.54) is 10.5 Å². The minimum Gasteiger partial charge on any atom is -0.393 e. The third-order valence-corrected chi connectivity index (χ3v) is 3.20. The van der Waals surface area contributed by atoms with Gasteiger partial charge in [-0.05, 0) is 36.3 Å². The van der Waals surface area contributed by atoms with Gasteiger partial charge in [0.15, 0.2) is 0 Å². The van der Waals surface area contributed by atoms with E-state index >= 15 is 0 Å². The summed E-state index contributed by atoms with van der Waals surface area (Å²) in [5.41, 5.74) is 6.88. The molecule has 0 saturated heterocycles. The Kier molecular flexibility index (Phi) is 5.12. The Morgan fingerprint density at radius 3 is 2.47 bits per heavy atom. The monoisotopic (exact) mass is 239 g/mol. The minimum atomic E-state index is 0.530. The van der Waals surface area contributed by atoms with Crippen molar-refractivity contribution in [2.75, 3.05) is 6.26 Å². The van der Waals surface area contributed by atoms with Crippen LogP contribution in [0.2, 0.25) is 0 Å². The normalized spacial score (nSPS) is 12.4. The molecule has 82 valence electrons. The molecule has 1 aromatic rings. The third-order valence-electron chi connectivity index (χ3n) is 2.29. The highest BCUT2D eigenvalue weighted by Crippen LogP contribution is 2.17. The lowest BCUT2D eigenvalue weighted by Gasteiger charge is -2.10. The lowest BCUT2D eigenvalue weighted by Crippen LogP contribution is -2.13. The molecular weight excluding hydrogens is 222 g/mol. The predicted octanol–water partition coefficient (Wildman–Crippen LogP) is 3.26. The van der Waals surface area contributed by atoms with E-state index in [0.717, 1.165) is 12.8 Å². The summed E-state index contributed by atoms with van der Waals surface area (Å²) in [5.74, 6) is 0.530. The molecule has 0 aliphatic carbocycles. The quantitative estimate of drug-likeness (QED) is 0.631. The van der Waals surface area contributed by atoms with Gasteiger partial charge in [0.2, 0.25) is 0 Å². The van der Waals surface area contributed by atoms with Crippen LogP contribution in [-0.4, -0.2) is 11.2 Å². The van der Waals surface area contributed by atoms with Crippen molar-refractivity contribution >= 4 is 29.0 Å². The van der Waals surface area contributed by atoms with E-state index in [9.17, 15) is 0 Å². The molecular formula is C12H17NS2. The second kappa shape index (κ2) is 6.13. The SMILES string of the molecule is CSc1ccc(CC(C)CC(N)=S)cc1. The number of hydrogen-bond acceptors (Lipinski definition) is 2. The smallest absolute Gasteiger partial charge is 0.0730 e. The molecule has 0 saturated carbocycles. The maximum Gasteiger partial charge on any atom is 0.0730 e. The van der Waals surface area contributed by atoms with Gasteiger partial charge in [-0.1, -0.05) is 31.3 Å². The second-order valence-electron chi connectivity index (χ2n) is 3.83. The van der Waals surface area contributed by atoms with Crippen LogP contribution < -0.4 is 5.73 Å². The Balaban J connectivity index is 2.53. The molecule has 1 unspecified atom stereocenters. The third kappa shape index (κ3) is 4.67. The molecule has 0 aliphatic heterocycles. The number of hydrogen-bond donors (Lipinski definition) is 1. The summed E-state index contributed by atoms with van der Waals surface area (Å²) < 4.78 is 0. The van der Waals surface area contributed by atoms with Crippen LogP contribution in [0.5, 0.6) is 0 Å². The van der Waals surface area contributed by atoms with Crippen LogP contribution in [0.4, 0.5) is 0 Å². The highest BCUT2D eigenvalue weighted by Gasteiger charge is 2.05. The van der Waals surface area contributed by atoms with Crippen molar-refractivity contribution in [2.24, 2.45) is 11.7 Å². The molecule has 1 atom stereocenters. The van der Waals surface area contributed by atoms with Crippen molar-refractivity contribution in [3.8, 4) is 0 Å². The van der Waals surface area contributed by atoms with Crippen molar-refractivity contribution in [3.63, 3.8) is 0 Å². The molecule has 0 spiro atoms. The molecule has 3 heteroatoms. The number of nitrogens with two attached hydrogens (primary N) is 1. The van der Waals surface area contributed by atoms with Crippen LogP contribution >= 0.6 is 24.0 Å². The molecule has 1 rings (SSSR count). The number of rotatable bonds is 5. The topological polar surface area (TPSA) is 26.0 Å². The molecule has 2 N–H and O–H groups in total. The Morgan fingerprint density at radius 2 is 2.00 bits per heavy atom. The lowest BCUT2D eigenvalue weighted by molar-refractivity contribution is 0.607. The highest BCUT2D eigenvalue weighted by atomic mass is 32.2. The highest BCUT2D eigenvalue weighted by molar-refractivity contribution is 7.98. The van der Waals surface area contributed by atoms with Crippen LogP contribution in [-0.2, 0) is 6.42 Å². The van der Waals surface area contributed by atoms with Gasteiger partial charge < -0.3 is 5.73 Å². The molecule has 0 amide bonds. The van der Waals surface area contributed by atoms with Gasteiger partial charge >= 0.3 is 0 Å². The van der Waals surface area contributed by atoms with Crippen molar-refractivity contribution in [3.05, 3.63) is 29.8 Å². The van der Waals surface area contributed by atoms with Crippen molar-refractivity contribution in [2.45, 2.75) is 24.7 Å². The molecule has 0 aliphatic rings. The van der Waals surface area contributed by atoms with Crippen molar-refractivity contribution in [1.82, 2.24) is 0 Å². The molecule has 0 fully saturated rings. The molecule has 1 aromatic carbocycles. The summed E-state index contributed by atoms with van der Waals surface area (Å²) in [6.07, 6.45) is 3.97. The maximum atomic E-state index is 5.52. The molecule has 0 heterocycles. The van der Waals surface area contributed by atoms with Gasteiger partial charge in [0.1, 0.15) is 0 Å². The van der Waals surface area contributed by atoms with Crippen molar-refractivity contribution in [1.29, 1.82) is 0 Å². The van der Waals surface area contributed by atoms with Gasteiger partial charge in [-0.15, -0.1) is 11.8 Å². The van der Waals surface area contributed by atoms with Crippen LogP contribution in [0.3, 0.4) is 0 Å². The van der Waals surface area contributed by atoms with Crippen LogP contribution in [0.1, 0.15) is 18.9 Å². The summed E-state index contributed by atoms with van der Waals surface area (Å²) in [7, 11) is 0. The van der Waals surface area contributed by atoms with Gasteiger partial charge in [0, 0.05) is 11.3 Å². The summed E-state index contributed by atoms with van der Waals surface area (Å²) in [6, 6.07) is 8.69. The minimum absolute atomic E-state index is 0.530. The van der Waals surface area contributed by atoms with E-state index in [1.54, 1.807) is 11.8 Å². The molecule has 1 nitrogen and oxygen atoms in total. The largest absolute Gasteiger partial charge is 0.393 e. The fraction of sp³-hybridized carbons (Fsp3) is 0.417. The zero-order chi connectivity index (χ0) is 11.3. The zero-order valence-electron chi connectivity index (χ0n) is 9.19.